The minimum absolute atomic E-state index is 0.139. The third-order valence-corrected chi connectivity index (χ3v) is 4.32. The Bertz CT molecular complexity index is 930. The lowest BCUT2D eigenvalue weighted by Gasteiger charge is -2.09. The third kappa shape index (κ3) is 2.75. The van der Waals surface area contributed by atoms with Crippen LogP contribution in [0.25, 0.3) is 22.3 Å². The highest BCUT2D eigenvalue weighted by Crippen LogP contribution is 2.28. The van der Waals surface area contributed by atoms with Crippen LogP contribution in [0.4, 0.5) is 4.39 Å². The van der Waals surface area contributed by atoms with Gasteiger partial charge in [-0.15, -0.1) is 0 Å². The topological polar surface area (TPSA) is 59.8 Å². The number of amides is 1. The predicted octanol–water partition coefficient (Wildman–Crippen LogP) is 2.91. The zero-order chi connectivity index (χ0) is 16.7. The Morgan fingerprint density at radius 3 is 2.96 bits per heavy atom. The molecule has 0 saturated heterocycles. The Balaban J connectivity index is 1.80. The van der Waals surface area contributed by atoms with Crippen LogP contribution in [0.5, 0.6) is 0 Å². The van der Waals surface area contributed by atoms with Gasteiger partial charge in [0.1, 0.15) is 5.82 Å². The number of rotatable bonds is 4. The number of hydrogen-bond donors (Lipinski definition) is 1. The fraction of sp³-hybridized carbons (Fsp3) is 0.278. The predicted molar refractivity (Wildman–Crippen MR) is 89.0 cm³/mol. The highest BCUT2D eigenvalue weighted by molar-refractivity contribution is 6.06. The van der Waals surface area contributed by atoms with Crippen LogP contribution in [-0.4, -0.2) is 27.2 Å². The van der Waals surface area contributed by atoms with Gasteiger partial charge in [-0.3, -0.25) is 9.48 Å². The summed E-state index contributed by atoms with van der Waals surface area (Å²) in [5.41, 5.74) is 2.32. The van der Waals surface area contributed by atoms with Gasteiger partial charge in [0.2, 0.25) is 0 Å². The van der Waals surface area contributed by atoms with Crippen molar-refractivity contribution in [3.05, 3.63) is 47.9 Å². The highest BCUT2D eigenvalue weighted by atomic mass is 19.1. The number of carbonyl (C=O) groups excluding carboxylic acids is 1. The summed E-state index contributed by atoms with van der Waals surface area (Å²) < 4.78 is 15.2. The van der Waals surface area contributed by atoms with E-state index < -0.39 is 0 Å². The zero-order valence-electron chi connectivity index (χ0n) is 13.3. The van der Waals surface area contributed by atoms with E-state index in [0.717, 1.165) is 0 Å². The van der Waals surface area contributed by atoms with E-state index in [1.807, 2.05) is 0 Å². The van der Waals surface area contributed by atoms with Crippen molar-refractivity contribution < 1.29 is 9.18 Å². The van der Waals surface area contributed by atoms with Gasteiger partial charge < -0.3 is 5.32 Å². The molecule has 0 atom stereocenters. The second-order valence-electron chi connectivity index (χ2n) is 6.22. The maximum atomic E-state index is 13.5. The Kier molecular flexibility index (Phi) is 3.52. The van der Waals surface area contributed by atoms with Crippen LogP contribution in [0.1, 0.15) is 23.2 Å². The fourth-order valence-corrected chi connectivity index (χ4v) is 2.75. The van der Waals surface area contributed by atoms with E-state index in [1.165, 1.54) is 25.0 Å². The van der Waals surface area contributed by atoms with Gasteiger partial charge in [-0.2, -0.15) is 5.10 Å². The van der Waals surface area contributed by atoms with Crippen LogP contribution < -0.4 is 5.32 Å². The lowest BCUT2D eigenvalue weighted by Crippen LogP contribution is -2.25. The second kappa shape index (κ2) is 5.70. The molecule has 4 rings (SSSR count). The molecule has 0 spiro atoms. The summed E-state index contributed by atoms with van der Waals surface area (Å²) >= 11 is 0. The van der Waals surface area contributed by atoms with E-state index in [-0.39, 0.29) is 11.7 Å². The molecule has 6 heteroatoms. The molecule has 3 aromatic rings. The van der Waals surface area contributed by atoms with Crippen molar-refractivity contribution in [2.75, 3.05) is 6.54 Å². The number of aromatic nitrogens is 3. The number of aryl methyl sites for hydroxylation is 1. The number of hydrogen-bond acceptors (Lipinski definition) is 3. The minimum atomic E-state index is -0.334. The lowest BCUT2D eigenvalue weighted by molar-refractivity contribution is 0.0953. The first-order chi connectivity index (χ1) is 11.6. The van der Waals surface area contributed by atoms with Crippen LogP contribution in [0.15, 0.2) is 36.5 Å². The molecule has 24 heavy (non-hydrogen) atoms. The van der Waals surface area contributed by atoms with Crippen LogP contribution in [0.2, 0.25) is 0 Å². The van der Waals surface area contributed by atoms with Crippen molar-refractivity contribution in [3.8, 4) is 11.3 Å². The summed E-state index contributed by atoms with van der Waals surface area (Å²) in [6.07, 6.45) is 3.99. The molecule has 1 aliphatic rings. The maximum absolute atomic E-state index is 13.5. The van der Waals surface area contributed by atoms with E-state index in [2.05, 4.69) is 15.4 Å². The Morgan fingerprint density at radius 2 is 2.21 bits per heavy atom. The summed E-state index contributed by atoms with van der Waals surface area (Å²) in [7, 11) is 1.77. The van der Waals surface area contributed by atoms with Gasteiger partial charge in [-0.05, 0) is 37.0 Å². The molecule has 0 aliphatic heterocycles. The Labute approximate surface area is 138 Å². The van der Waals surface area contributed by atoms with Gasteiger partial charge in [0.15, 0.2) is 5.65 Å². The SMILES string of the molecule is Cn1ncc2c(C(=O)NCC3CC3)cc(-c3cccc(F)c3)nc21. The van der Waals surface area contributed by atoms with Crippen molar-refractivity contribution in [2.24, 2.45) is 13.0 Å². The third-order valence-electron chi connectivity index (χ3n) is 4.32. The zero-order valence-corrected chi connectivity index (χ0v) is 13.3. The van der Waals surface area contributed by atoms with Crippen LogP contribution >= 0.6 is 0 Å². The second-order valence-corrected chi connectivity index (χ2v) is 6.22. The first-order valence-electron chi connectivity index (χ1n) is 7.99. The Morgan fingerprint density at radius 1 is 1.38 bits per heavy atom. The molecule has 1 aromatic carbocycles. The van der Waals surface area contributed by atoms with Crippen molar-refractivity contribution in [3.63, 3.8) is 0 Å². The normalized spacial score (nSPS) is 14.1. The number of pyridine rings is 1. The smallest absolute Gasteiger partial charge is 0.252 e. The molecule has 1 aliphatic carbocycles. The van der Waals surface area contributed by atoms with Crippen molar-refractivity contribution >= 4 is 16.9 Å². The Hall–Kier alpha value is -2.76. The molecule has 0 radical (unpaired) electrons. The number of halogens is 1. The first kappa shape index (κ1) is 14.8. The molecular formula is C18H17FN4O. The van der Waals surface area contributed by atoms with Crippen molar-refractivity contribution in [2.45, 2.75) is 12.8 Å². The van der Waals surface area contributed by atoms with Crippen molar-refractivity contribution in [1.29, 1.82) is 0 Å². The summed E-state index contributed by atoms with van der Waals surface area (Å²) in [4.78, 5) is 17.2. The summed E-state index contributed by atoms with van der Waals surface area (Å²) in [6.45, 7) is 0.693. The fourth-order valence-electron chi connectivity index (χ4n) is 2.75. The summed E-state index contributed by atoms with van der Waals surface area (Å²) in [6, 6.07) is 7.92. The summed E-state index contributed by atoms with van der Waals surface area (Å²) in [5, 5.41) is 7.87. The average molecular weight is 324 g/mol. The van der Waals surface area contributed by atoms with Crippen LogP contribution in [0.3, 0.4) is 0 Å². The van der Waals surface area contributed by atoms with Gasteiger partial charge in [0.05, 0.1) is 22.8 Å². The molecular weight excluding hydrogens is 307 g/mol. The van der Waals surface area contributed by atoms with Crippen molar-refractivity contribution in [1.82, 2.24) is 20.1 Å². The molecule has 0 unspecified atom stereocenters. The number of nitrogens with zero attached hydrogens (tertiary/aromatic N) is 3. The maximum Gasteiger partial charge on any atom is 0.252 e. The minimum Gasteiger partial charge on any atom is -0.352 e. The van der Waals surface area contributed by atoms with E-state index in [0.29, 0.717) is 40.3 Å². The largest absolute Gasteiger partial charge is 0.352 e. The summed E-state index contributed by atoms with van der Waals surface area (Å²) in [5.74, 6) is 0.127. The average Bonchev–Trinajstić information content (AvgIpc) is 3.34. The number of carbonyl (C=O) groups is 1. The molecule has 122 valence electrons. The van der Waals surface area contributed by atoms with Gasteiger partial charge in [0, 0.05) is 19.2 Å². The van der Waals surface area contributed by atoms with Gasteiger partial charge >= 0.3 is 0 Å². The van der Waals surface area contributed by atoms with E-state index in [9.17, 15) is 9.18 Å². The molecule has 5 nitrogen and oxygen atoms in total. The number of nitrogens with one attached hydrogen (secondary N) is 1. The van der Waals surface area contributed by atoms with Crippen LogP contribution in [-0.2, 0) is 7.05 Å². The highest BCUT2D eigenvalue weighted by Gasteiger charge is 2.23. The molecule has 1 fully saturated rings. The van der Waals surface area contributed by atoms with E-state index in [1.54, 1.807) is 36.1 Å². The van der Waals surface area contributed by atoms with Gasteiger partial charge in [-0.25, -0.2) is 9.37 Å². The molecule has 0 bridgehead atoms. The molecule has 1 amide bonds. The quantitative estimate of drug-likeness (QED) is 0.803. The van der Waals surface area contributed by atoms with E-state index in [4.69, 9.17) is 0 Å². The monoisotopic (exact) mass is 324 g/mol. The van der Waals surface area contributed by atoms with E-state index >= 15 is 0 Å². The lowest BCUT2D eigenvalue weighted by atomic mass is 10.1. The first-order valence-corrected chi connectivity index (χ1v) is 7.99. The molecule has 1 saturated carbocycles. The van der Waals surface area contributed by atoms with Crippen LogP contribution in [0, 0.1) is 11.7 Å². The number of benzene rings is 1. The molecule has 1 N–H and O–H groups in total. The molecule has 2 heterocycles. The van der Waals surface area contributed by atoms with Gasteiger partial charge in [-0.1, -0.05) is 12.1 Å². The molecule has 2 aromatic heterocycles. The van der Waals surface area contributed by atoms with Gasteiger partial charge in [0.25, 0.3) is 5.91 Å². The number of fused-ring (bicyclic) bond motifs is 1. The standard InChI is InChI=1S/C18H17FN4O/c1-23-17-15(10-21-23)14(18(24)20-9-11-5-6-11)8-16(22-17)12-3-2-4-13(19)7-12/h2-4,7-8,10-11H,5-6,9H2,1H3,(H,20,24).